The van der Waals surface area contributed by atoms with Gasteiger partial charge in [-0.25, -0.2) is 0 Å². The lowest BCUT2D eigenvalue weighted by Gasteiger charge is -2.12. The zero-order chi connectivity index (χ0) is 11.9. The number of hydrogen-bond acceptors (Lipinski definition) is 3. The lowest BCUT2D eigenvalue weighted by atomic mass is 10.1. The smallest absolute Gasteiger partial charge is 0.103 e. The highest BCUT2D eigenvalue weighted by molar-refractivity contribution is 5.09. The maximum atomic E-state index is 5.31. The highest BCUT2D eigenvalue weighted by Crippen LogP contribution is 2.06. The van der Waals surface area contributed by atoms with Gasteiger partial charge in [0.05, 0.1) is 6.26 Å². The van der Waals surface area contributed by atoms with Crippen LogP contribution in [0.3, 0.4) is 0 Å². The van der Waals surface area contributed by atoms with E-state index in [0.29, 0.717) is 6.04 Å². The fourth-order valence-electron chi connectivity index (χ4n) is 1.71. The highest BCUT2D eigenvalue weighted by atomic mass is 16.3. The molecule has 17 heavy (non-hydrogen) atoms. The molecular formula is C14H18N2O. The average molecular weight is 230 g/mol. The molecule has 90 valence electrons. The van der Waals surface area contributed by atoms with E-state index in [0.717, 1.165) is 25.1 Å². The fourth-order valence-corrected chi connectivity index (χ4v) is 1.71. The summed E-state index contributed by atoms with van der Waals surface area (Å²) in [5, 5.41) is 3.49. The van der Waals surface area contributed by atoms with Crippen molar-refractivity contribution in [2.24, 2.45) is 0 Å². The Morgan fingerprint density at radius 1 is 1.29 bits per heavy atom. The van der Waals surface area contributed by atoms with E-state index in [1.165, 1.54) is 5.56 Å². The van der Waals surface area contributed by atoms with Gasteiger partial charge in [-0.15, -0.1) is 0 Å². The van der Waals surface area contributed by atoms with Crippen LogP contribution in [0.5, 0.6) is 0 Å². The Kier molecular flexibility index (Phi) is 4.33. The molecule has 0 radical (unpaired) electrons. The minimum Gasteiger partial charge on any atom is -0.469 e. The van der Waals surface area contributed by atoms with Crippen molar-refractivity contribution >= 4 is 0 Å². The summed E-state index contributed by atoms with van der Waals surface area (Å²) in [5.74, 6) is 1.06. The topological polar surface area (TPSA) is 38.1 Å². The maximum Gasteiger partial charge on any atom is 0.103 e. The van der Waals surface area contributed by atoms with Crippen LogP contribution in [-0.2, 0) is 13.0 Å². The molecular weight excluding hydrogens is 212 g/mol. The van der Waals surface area contributed by atoms with E-state index in [1.54, 1.807) is 6.26 Å². The SMILES string of the molecule is CC(CCc1ccco1)NCc1ccncc1. The Labute approximate surface area is 102 Å². The van der Waals surface area contributed by atoms with E-state index in [9.17, 15) is 0 Å². The molecule has 0 aromatic carbocycles. The van der Waals surface area contributed by atoms with Crippen molar-refractivity contribution in [1.82, 2.24) is 10.3 Å². The number of pyridine rings is 1. The summed E-state index contributed by atoms with van der Waals surface area (Å²) in [6, 6.07) is 8.51. The Morgan fingerprint density at radius 3 is 2.82 bits per heavy atom. The Balaban J connectivity index is 1.69. The molecule has 2 aromatic rings. The first kappa shape index (κ1) is 11.9. The number of nitrogens with one attached hydrogen (secondary N) is 1. The summed E-state index contributed by atoms with van der Waals surface area (Å²) < 4.78 is 5.31. The average Bonchev–Trinajstić information content (AvgIpc) is 2.88. The largest absolute Gasteiger partial charge is 0.469 e. The van der Waals surface area contributed by atoms with E-state index in [2.05, 4.69) is 17.2 Å². The maximum absolute atomic E-state index is 5.31. The third-order valence-corrected chi connectivity index (χ3v) is 2.81. The lowest BCUT2D eigenvalue weighted by Crippen LogP contribution is -2.25. The third kappa shape index (κ3) is 4.04. The molecule has 0 saturated carbocycles. The second-order valence-corrected chi connectivity index (χ2v) is 4.26. The summed E-state index contributed by atoms with van der Waals surface area (Å²) >= 11 is 0. The molecule has 2 rings (SSSR count). The predicted octanol–water partition coefficient (Wildman–Crippen LogP) is 2.79. The second-order valence-electron chi connectivity index (χ2n) is 4.26. The summed E-state index contributed by atoms with van der Waals surface area (Å²) in [5.41, 5.74) is 1.27. The van der Waals surface area contributed by atoms with Crippen molar-refractivity contribution in [3.8, 4) is 0 Å². The van der Waals surface area contributed by atoms with Gasteiger partial charge in [0.1, 0.15) is 5.76 Å². The second kappa shape index (κ2) is 6.21. The van der Waals surface area contributed by atoms with Gasteiger partial charge in [-0.05, 0) is 43.2 Å². The van der Waals surface area contributed by atoms with E-state index >= 15 is 0 Å². The van der Waals surface area contributed by atoms with Crippen LogP contribution in [-0.4, -0.2) is 11.0 Å². The Morgan fingerprint density at radius 2 is 2.12 bits per heavy atom. The van der Waals surface area contributed by atoms with Gasteiger partial charge in [0.15, 0.2) is 0 Å². The number of aromatic nitrogens is 1. The van der Waals surface area contributed by atoms with E-state index < -0.39 is 0 Å². The van der Waals surface area contributed by atoms with Crippen LogP contribution >= 0.6 is 0 Å². The molecule has 0 saturated heterocycles. The van der Waals surface area contributed by atoms with Gasteiger partial charge in [0.25, 0.3) is 0 Å². The number of aryl methyl sites for hydroxylation is 1. The van der Waals surface area contributed by atoms with Crippen LogP contribution < -0.4 is 5.32 Å². The lowest BCUT2D eigenvalue weighted by molar-refractivity contribution is 0.460. The Bertz CT molecular complexity index is 411. The Hall–Kier alpha value is -1.61. The quantitative estimate of drug-likeness (QED) is 0.829. The van der Waals surface area contributed by atoms with E-state index in [1.807, 2.05) is 36.7 Å². The molecule has 2 aromatic heterocycles. The van der Waals surface area contributed by atoms with Gasteiger partial charge in [-0.1, -0.05) is 0 Å². The fraction of sp³-hybridized carbons (Fsp3) is 0.357. The molecule has 0 fully saturated rings. The summed E-state index contributed by atoms with van der Waals surface area (Å²) in [7, 11) is 0. The van der Waals surface area contributed by atoms with Crippen molar-refractivity contribution in [3.63, 3.8) is 0 Å². The molecule has 3 nitrogen and oxygen atoms in total. The van der Waals surface area contributed by atoms with Crippen LogP contribution in [0.2, 0.25) is 0 Å². The standard InChI is InChI=1S/C14H18N2O/c1-12(4-5-14-3-2-10-17-14)16-11-13-6-8-15-9-7-13/h2-3,6-10,12,16H,4-5,11H2,1H3. The first-order chi connectivity index (χ1) is 8.34. The van der Waals surface area contributed by atoms with Gasteiger partial charge >= 0.3 is 0 Å². The predicted molar refractivity (Wildman–Crippen MR) is 67.6 cm³/mol. The van der Waals surface area contributed by atoms with Crippen molar-refractivity contribution in [2.45, 2.75) is 32.4 Å². The molecule has 3 heteroatoms. The molecule has 0 aliphatic rings. The summed E-state index contributed by atoms with van der Waals surface area (Å²) in [6.45, 7) is 3.09. The summed E-state index contributed by atoms with van der Waals surface area (Å²) in [6.07, 6.45) is 7.44. The van der Waals surface area contributed by atoms with Crippen LogP contribution in [0.25, 0.3) is 0 Å². The van der Waals surface area contributed by atoms with E-state index in [-0.39, 0.29) is 0 Å². The molecule has 2 heterocycles. The molecule has 0 aliphatic carbocycles. The molecule has 0 aliphatic heterocycles. The van der Waals surface area contributed by atoms with Gasteiger partial charge in [0.2, 0.25) is 0 Å². The van der Waals surface area contributed by atoms with Crippen LogP contribution in [0, 0.1) is 0 Å². The van der Waals surface area contributed by atoms with Crippen molar-refractivity contribution < 1.29 is 4.42 Å². The van der Waals surface area contributed by atoms with Gasteiger partial charge in [-0.2, -0.15) is 0 Å². The minimum absolute atomic E-state index is 0.480. The molecule has 0 spiro atoms. The van der Waals surface area contributed by atoms with Crippen molar-refractivity contribution in [2.75, 3.05) is 0 Å². The molecule has 0 amide bonds. The number of furan rings is 1. The van der Waals surface area contributed by atoms with Crippen molar-refractivity contribution in [1.29, 1.82) is 0 Å². The van der Waals surface area contributed by atoms with Gasteiger partial charge in [-0.3, -0.25) is 4.98 Å². The van der Waals surface area contributed by atoms with Gasteiger partial charge < -0.3 is 9.73 Å². The minimum atomic E-state index is 0.480. The van der Waals surface area contributed by atoms with Crippen LogP contribution in [0.4, 0.5) is 0 Å². The van der Waals surface area contributed by atoms with Crippen LogP contribution in [0.15, 0.2) is 47.3 Å². The van der Waals surface area contributed by atoms with E-state index in [4.69, 9.17) is 4.42 Å². The first-order valence-corrected chi connectivity index (χ1v) is 5.99. The zero-order valence-electron chi connectivity index (χ0n) is 10.1. The number of hydrogen-bond donors (Lipinski definition) is 1. The number of nitrogens with zero attached hydrogens (tertiary/aromatic N) is 1. The van der Waals surface area contributed by atoms with Crippen LogP contribution in [0.1, 0.15) is 24.7 Å². The summed E-state index contributed by atoms with van der Waals surface area (Å²) in [4.78, 5) is 4.00. The van der Waals surface area contributed by atoms with Crippen molar-refractivity contribution in [3.05, 3.63) is 54.2 Å². The first-order valence-electron chi connectivity index (χ1n) is 5.99. The monoisotopic (exact) mass is 230 g/mol. The number of rotatable bonds is 6. The zero-order valence-corrected chi connectivity index (χ0v) is 10.1. The molecule has 0 bridgehead atoms. The molecule has 1 unspecified atom stereocenters. The molecule has 1 atom stereocenters. The normalized spacial score (nSPS) is 12.5. The van der Waals surface area contributed by atoms with Gasteiger partial charge in [0, 0.05) is 31.4 Å². The third-order valence-electron chi connectivity index (χ3n) is 2.81. The molecule has 1 N–H and O–H groups in total. The highest BCUT2D eigenvalue weighted by Gasteiger charge is 2.03.